The second kappa shape index (κ2) is 7.92. The quantitative estimate of drug-likeness (QED) is 0.523. The van der Waals surface area contributed by atoms with Crippen molar-refractivity contribution >= 4 is 21.8 Å². The minimum Gasteiger partial charge on any atom is -0.403 e. The Labute approximate surface area is 173 Å². The number of amides is 1. The summed E-state index contributed by atoms with van der Waals surface area (Å²) in [6.45, 7) is 0. The number of rotatable bonds is 5. The van der Waals surface area contributed by atoms with Crippen LogP contribution in [0.15, 0.2) is 88.2 Å². The van der Waals surface area contributed by atoms with Gasteiger partial charge in [0.2, 0.25) is 5.89 Å². The molecule has 0 saturated carbocycles. The van der Waals surface area contributed by atoms with E-state index in [-0.39, 0.29) is 16.8 Å². The number of aromatic nitrogens is 2. The SMILES string of the molecule is CS(=O)(=O)c1cccc(-c2nnc(NC(=O)c3ccc(-c4ccccc4)cc3)o2)c1. The lowest BCUT2D eigenvalue weighted by Gasteiger charge is -2.04. The van der Waals surface area contributed by atoms with Crippen LogP contribution in [0.4, 0.5) is 6.01 Å². The molecule has 0 aliphatic rings. The van der Waals surface area contributed by atoms with Gasteiger partial charge in [-0.25, -0.2) is 8.42 Å². The first-order chi connectivity index (χ1) is 14.4. The summed E-state index contributed by atoms with van der Waals surface area (Å²) in [4.78, 5) is 12.6. The van der Waals surface area contributed by atoms with Crippen LogP contribution in [0.5, 0.6) is 0 Å². The minimum absolute atomic E-state index is 0.0769. The molecule has 0 radical (unpaired) electrons. The molecule has 4 rings (SSSR count). The molecule has 0 saturated heterocycles. The van der Waals surface area contributed by atoms with Crippen molar-refractivity contribution in [3.63, 3.8) is 0 Å². The Balaban J connectivity index is 1.49. The molecule has 30 heavy (non-hydrogen) atoms. The maximum absolute atomic E-state index is 12.5. The van der Waals surface area contributed by atoms with Gasteiger partial charge in [0, 0.05) is 17.4 Å². The van der Waals surface area contributed by atoms with Crippen LogP contribution in [0.2, 0.25) is 0 Å². The van der Waals surface area contributed by atoms with Crippen molar-refractivity contribution in [1.29, 1.82) is 0 Å². The van der Waals surface area contributed by atoms with E-state index in [9.17, 15) is 13.2 Å². The molecule has 4 aromatic rings. The van der Waals surface area contributed by atoms with Gasteiger partial charge < -0.3 is 4.42 Å². The molecule has 3 aromatic carbocycles. The Morgan fingerprint density at radius 3 is 2.20 bits per heavy atom. The highest BCUT2D eigenvalue weighted by Crippen LogP contribution is 2.23. The van der Waals surface area contributed by atoms with Crippen LogP contribution in [0.25, 0.3) is 22.6 Å². The van der Waals surface area contributed by atoms with Crippen LogP contribution < -0.4 is 5.32 Å². The van der Waals surface area contributed by atoms with Gasteiger partial charge in [0.25, 0.3) is 5.91 Å². The third-order valence-corrected chi connectivity index (χ3v) is 5.52. The summed E-state index contributed by atoms with van der Waals surface area (Å²) in [6, 6.07) is 23.1. The smallest absolute Gasteiger partial charge is 0.322 e. The van der Waals surface area contributed by atoms with Crippen molar-refractivity contribution < 1.29 is 17.6 Å². The lowest BCUT2D eigenvalue weighted by molar-refractivity contribution is 0.102. The van der Waals surface area contributed by atoms with Gasteiger partial charge in [0.05, 0.1) is 4.90 Å². The molecule has 1 aromatic heterocycles. The molecule has 0 fully saturated rings. The third kappa shape index (κ3) is 4.28. The van der Waals surface area contributed by atoms with E-state index in [1.165, 1.54) is 12.1 Å². The number of nitrogens with zero attached hydrogens (tertiary/aromatic N) is 2. The minimum atomic E-state index is -3.36. The van der Waals surface area contributed by atoms with Crippen LogP contribution in [-0.4, -0.2) is 30.8 Å². The van der Waals surface area contributed by atoms with Crippen LogP contribution >= 0.6 is 0 Å². The third-order valence-electron chi connectivity index (χ3n) is 4.41. The standard InChI is InChI=1S/C22H17N3O4S/c1-30(27,28)19-9-5-8-18(14-19)21-24-25-22(29-21)23-20(26)17-12-10-16(11-13-17)15-6-3-2-4-7-15/h2-14H,1H3,(H,23,25,26). The highest BCUT2D eigenvalue weighted by atomic mass is 32.2. The first-order valence-corrected chi connectivity index (χ1v) is 10.9. The van der Waals surface area contributed by atoms with Crippen molar-refractivity contribution in [3.8, 4) is 22.6 Å². The predicted molar refractivity (Wildman–Crippen MR) is 113 cm³/mol. The molecular formula is C22H17N3O4S. The summed E-state index contributed by atoms with van der Waals surface area (Å²) < 4.78 is 28.9. The number of benzene rings is 3. The lowest BCUT2D eigenvalue weighted by Crippen LogP contribution is -2.11. The number of carbonyl (C=O) groups excluding carboxylic acids is 1. The number of hydrogen-bond acceptors (Lipinski definition) is 6. The Hall–Kier alpha value is -3.78. The average molecular weight is 419 g/mol. The van der Waals surface area contributed by atoms with Crippen LogP contribution in [0, 0.1) is 0 Å². The maximum Gasteiger partial charge on any atom is 0.322 e. The molecule has 1 amide bonds. The number of anilines is 1. The highest BCUT2D eigenvalue weighted by Gasteiger charge is 2.15. The van der Waals surface area contributed by atoms with Crippen molar-refractivity contribution in [2.75, 3.05) is 11.6 Å². The zero-order valence-electron chi connectivity index (χ0n) is 15.9. The Kier molecular flexibility index (Phi) is 5.16. The first-order valence-electron chi connectivity index (χ1n) is 9.01. The summed E-state index contributed by atoms with van der Waals surface area (Å²) >= 11 is 0. The van der Waals surface area contributed by atoms with Gasteiger partial charge in [0.1, 0.15) is 0 Å². The number of hydrogen-bond donors (Lipinski definition) is 1. The molecular weight excluding hydrogens is 402 g/mol. The fourth-order valence-corrected chi connectivity index (χ4v) is 3.53. The average Bonchev–Trinajstić information content (AvgIpc) is 3.22. The fourth-order valence-electron chi connectivity index (χ4n) is 2.86. The van der Waals surface area contributed by atoms with E-state index >= 15 is 0 Å². The van der Waals surface area contributed by atoms with Gasteiger partial charge in [-0.05, 0) is 41.5 Å². The van der Waals surface area contributed by atoms with Crippen LogP contribution in [-0.2, 0) is 9.84 Å². The van der Waals surface area contributed by atoms with Crippen LogP contribution in [0.1, 0.15) is 10.4 Å². The molecule has 1 heterocycles. The van der Waals surface area contributed by atoms with E-state index in [1.54, 1.807) is 24.3 Å². The molecule has 1 N–H and O–H groups in total. The normalized spacial score (nSPS) is 11.2. The van der Waals surface area contributed by atoms with Gasteiger partial charge in [-0.3, -0.25) is 10.1 Å². The topological polar surface area (TPSA) is 102 Å². The van der Waals surface area contributed by atoms with E-state index in [0.29, 0.717) is 11.1 Å². The maximum atomic E-state index is 12.5. The van der Waals surface area contributed by atoms with Gasteiger partial charge in [-0.15, -0.1) is 5.10 Å². The number of carbonyl (C=O) groups is 1. The van der Waals surface area contributed by atoms with Gasteiger partial charge in [-0.1, -0.05) is 53.6 Å². The molecule has 0 aliphatic carbocycles. The molecule has 0 bridgehead atoms. The Morgan fingerprint density at radius 2 is 1.50 bits per heavy atom. The van der Waals surface area contributed by atoms with Crippen molar-refractivity contribution in [2.45, 2.75) is 4.90 Å². The summed E-state index contributed by atoms with van der Waals surface area (Å²) in [5.74, 6) is -0.287. The van der Waals surface area contributed by atoms with E-state index in [0.717, 1.165) is 17.4 Å². The molecule has 150 valence electrons. The zero-order valence-corrected chi connectivity index (χ0v) is 16.8. The molecule has 0 aliphatic heterocycles. The van der Waals surface area contributed by atoms with E-state index in [4.69, 9.17) is 4.42 Å². The van der Waals surface area contributed by atoms with E-state index < -0.39 is 15.7 Å². The fraction of sp³-hybridized carbons (Fsp3) is 0.0455. The van der Waals surface area contributed by atoms with Crippen molar-refractivity contribution in [2.24, 2.45) is 0 Å². The van der Waals surface area contributed by atoms with Crippen LogP contribution in [0.3, 0.4) is 0 Å². The summed E-state index contributed by atoms with van der Waals surface area (Å²) in [6.07, 6.45) is 1.12. The van der Waals surface area contributed by atoms with Gasteiger partial charge in [0.15, 0.2) is 9.84 Å². The first kappa shape index (κ1) is 19.5. The number of sulfone groups is 1. The van der Waals surface area contributed by atoms with E-state index in [2.05, 4.69) is 15.5 Å². The van der Waals surface area contributed by atoms with Gasteiger partial charge >= 0.3 is 6.01 Å². The Bertz CT molecular complexity index is 1300. The lowest BCUT2D eigenvalue weighted by atomic mass is 10.0. The van der Waals surface area contributed by atoms with Gasteiger partial charge in [-0.2, -0.15) is 0 Å². The monoisotopic (exact) mass is 419 g/mol. The second-order valence-corrected chi connectivity index (χ2v) is 8.63. The van der Waals surface area contributed by atoms with Crippen molar-refractivity contribution in [3.05, 3.63) is 84.4 Å². The zero-order chi connectivity index (χ0) is 21.1. The summed E-state index contributed by atoms with van der Waals surface area (Å²) in [7, 11) is -3.36. The molecule has 7 nitrogen and oxygen atoms in total. The largest absolute Gasteiger partial charge is 0.403 e. The molecule has 8 heteroatoms. The van der Waals surface area contributed by atoms with E-state index in [1.807, 2.05) is 42.5 Å². The number of nitrogens with one attached hydrogen (secondary N) is 1. The molecule has 0 atom stereocenters. The summed E-state index contributed by atoms with van der Waals surface area (Å²) in [5, 5.41) is 10.3. The predicted octanol–water partition coefficient (Wildman–Crippen LogP) is 4.06. The molecule has 0 unspecified atom stereocenters. The van der Waals surface area contributed by atoms with Crippen molar-refractivity contribution in [1.82, 2.24) is 10.2 Å². The summed E-state index contributed by atoms with van der Waals surface area (Å²) in [5.41, 5.74) is 2.94. The Morgan fingerprint density at radius 1 is 0.833 bits per heavy atom. The second-order valence-electron chi connectivity index (χ2n) is 6.61. The highest BCUT2D eigenvalue weighted by molar-refractivity contribution is 7.90. The molecule has 0 spiro atoms.